The first-order valence-corrected chi connectivity index (χ1v) is 10.9. The van der Waals surface area contributed by atoms with Gasteiger partial charge in [0.1, 0.15) is 11.6 Å². The normalized spacial score (nSPS) is 25.4. The lowest BCUT2D eigenvalue weighted by Gasteiger charge is -2.17. The summed E-state index contributed by atoms with van der Waals surface area (Å²) < 4.78 is 13.8. The number of hydrogen-bond acceptors (Lipinski definition) is 3. The maximum absolute atomic E-state index is 13.8. The molecule has 5 rings (SSSR count). The Morgan fingerprint density at radius 3 is 2.60 bits per heavy atom. The van der Waals surface area contributed by atoms with E-state index < -0.39 is 0 Å². The number of aromatic nitrogens is 2. The number of amides is 1. The summed E-state index contributed by atoms with van der Waals surface area (Å²) in [4.78, 5) is 20.9. The molecule has 2 aromatic heterocycles. The lowest BCUT2D eigenvalue weighted by atomic mass is 9.89. The third-order valence-corrected chi connectivity index (χ3v) is 6.98. The van der Waals surface area contributed by atoms with Gasteiger partial charge in [0.25, 0.3) is 0 Å². The van der Waals surface area contributed by atoms with Gasteiger partial charge in [0, 0.05) is 24.2 Å². The molecule has 2 atom stereocenters. The van der Waals surface area contributed by atoms with Gasteiger partial charge in [-0.3, -0.25) is 9.78 Å². The summed E-state index contributed by atoms with van der Waals surface area (Å²) in [7, 11) is 0. The van der Waals surface area contributed by atoms with Crippen LogP contribution in [0.15, 0.2) is 48.8 Å². The van der Waals surface area contributed by atoms with Crippen LogP contribution in [-0.4, -0.2) is 15.9 Å². The Kier molecular flexibility index (Phi) is 5.15. The summed E-state index contributed by atoms with van der Waals surface area (Å²) in [5.74, 6) is 2.48. The number of carbonyl (C=O) groups is 1. The quantitative estimate of drug-likeness (QED) is 0.562. The summed E-state index contributed by atoms with van der Waals surface area (Å²) in [6.07, 6.45) is 8.28. The molecule has 154 valence electrons. The van der Waals surface area contributed by atoms with Gasteiger partial charge in [-0.15, -0.1) is 0 Å². The van der Waals surface area contributed by atoms with Gasteiger partial charge in [-0.2, -0.15) is 0 Å². The summed E-state index contributed by atoms with van der Waals surface area (Å²) in [5, 5.41) is 4.36. The topological polar surface area (TPSA) is 54.9 Å². The van der Waals surface area contributed by atoms with Crippen molar-refractivity contribution in [3.63, 3.8) is 0 Å². The maximum Gasteiger partial charge on any atom is 0.225 e. The first kappa shape index (κ1) is 19.4. The van der Waals surface area contributed by atoms with E-state index in [-0.39, 0.29) is 11.7 Å². The van der Waals surface area contributed by atoms with E-state index in [0.717, 1.165) is 36.6 Å². The molecule has 30 heavy (non-hydrogen) atoms. The Morgan fingerprint density at radius 1 is 1.07 bits per heavy atom. The van der Waals surface area contributed by atoms with E-state index in [1.54, 1.807) is 24.3 Å². The van der Waals surface area contributed by atoms with Crippen LogP contribution < -0.4 is 5.32 Å². The van der Waals surface area contributed by atoms with Crippen LogP contribution in [0, 0.1) is 23.6 Å². The number of fused-ring (bicyclic) bond motifs is 2. The molecule has 0 saturated heterocycles. The van der Waals surface area contributed by atoms with E-state index >= 15 is 0 Å². The van der Waals surface area contributed by atoms with Crippen molar-refractivity contribution < 1.29 is 9.18 Å². The van der Waals surface area contributed by atoms with Crippen LogP contribution in [-0.2, 0) is 4.79 Å². The number of rotatable bonds is 4. The highest BCUT2D eigenvalue weighted by Gasteiger charge is 2.42. The van der Waals surface area contributed by atoms with Crippen LogP contribution in [0.25, 0.3) is 10.9 Å². The molecule has 2 fully saturated rings. The standard InChI is InChI=1S/C24H23ClFN3O/c25-18-1-4-23(28-13-18)29-24(30)9-14-7-15-10-17(11-16(15)8-14)20-5-6-27-22-3-2-19(26)12-21(20)22/h1-6,12-17H,7-11H2,(H,28,29,30). The zero-order chi connectivity index (χ0) is 20.7. The molecule has 0 aliphatic heterocycles. The van der Waals surface area contributed by atoms with Gasteiger partial charge in [-0.25, -0.2) is 9.37 Å². The zero-order valence-corrected chi connectivity index (χ0v) is 17.3. The fourth-order valence-electron chi connectivity index (χ4n) is 5.56. The van der Waals surface area contributed by atoms with Crippen LogP contribution in [0.3, 0.4) is 0 Å². The van der Waals surface area contributed by atoms with Gasteiger partial charge in [0.05, 0.1) is 10.5 Å². The van der Waals surface area contributed by atoms with Crippen LogP contribution in [0.1, 0.15) is 43.6 Å². The van der Waals surface area contributed by atoms with Gasteiger partial charge < -0.3 is 5.32 Å². The fourth-order valence-corrected chi connectivity index (χ4v) is 5.68. The van der Waals surface area contributed by atoms with Gasteiger partial charge in [-0.05, 0) is 91.3 Å². The lowest BCUT2D eigenvalue weighted by molar-refractivity contribution is -0.117. The number of halogens is 2. The molecule has 2 aliphatic carbocycles. The molecule has 6 heteroatoms. The molecule has 0 spiro atoms. The second-order valence-electron chi connectivity index (χ2n) is 8.70. The predicted octanol–water partition coefficient (Wildman–Crippen LogP) is 5.97. The molecule has 2 heterocycles. The largest absolute Gasteiger partial charge is 0.311 e. The average molecular weight is 424 g/mol. The summed E-state index contributed by atoms with van der Waals surface area (Å²) in [6.45, 7) is 0. The molecule has 2 saturated carbocycles. The number of carbonyl (C=O) groups excluding carboxylic acids is 1. The SMILES string of the molecule is O=C(CC1CC2CC(c3ccnc4ccc(F)cc34)CC2C1)Nc1ccc(Cl)cn1. The Hall–Kier alpha value is -2.53. The van der Waals surface area contributed by atoms with Gasteiger partial charge in [0.15, 0.2) is 0 Å². The molecule has 4 nitrogen and oxygen atoms in total. The van der Waals surface area contributed by atoms with Crippen molar-refractivity contribution >= 4 is 34.2 Å². The van der Waals surface area contributed by atoms with E-state index in [1.807, 2.05) is 6.20 Å². The third kappa shape index (κ3) is 3.91. The molecule has 2 unspecified atom stereocenters. The summed E-state index contributed by atoms with van der Waals surface area (Å²) in [6, 6.07) is 10.3. The highest BCUT2D eigenvalue weighted by molar-refractivity contribution is 6.30. The predicted molar refractivity (Wildman–Crippen MR) is 116 cm³/mol. The van der Waals surface area contributed by atoms with Crippen LogP contribution >= 0.6 is 11.6 Å². The van der Waals surface area contributed by atoms with Crippen LogP contribution in [0.4, 0.5) is 10.2 Å². The molecule has 2 aliphatic rings. The van der Waals surface area contributed by atoms with Crippen molar-refractivity contribution in [2.75, 3.05) is 5.32 Å². The highest BCUT2D eigenvalue weighted by atomic mass is 35.5. The molecule has 3 aromatic rings. The van der Waals surface area contributed by atoms with Crippen LogP contribution in [0.2, 0.25) is 5.02 Å². The first-order chi connectivity index (χ1) is 14.5. The summed E-state index contributed by atoms with van der Waals surface area (Å²) >= 11 is 5.84. The van der Waals surface area contributed by atoms with E-state index in [0.29, 0.717) is 40.9 Å². The zero-order valence-electron chi connectivity index (χ0n) is 16.5. The second-order valence-corrected chi connectivity index (χ2v) is 9.14. The van der Waals surface area contributed by atoms with Crippen molar-refractivity contribution in [3.05, 3.63) is 65.2 Å². The molecular formula is C24H23ClFN3O. The van der Waals surface area contributed by atoms with Crippen molar-refractivity contribution in [2.45, 2.75) is 38.0 Å². The van der Waals surface area contributed by atoms with Gasteiger partial charge in [0.2, 0.25) is 5.91 Å². The van der Waals surface area contributed by atoms with E-state index in [4.69, 9.17) is 11.6 Å². The number of nitrogens with zero attached hydrogens (tertiary/aromatic N) is 2. The first-order valence-electron chi connectivity index (χ1n) is 10.5. The molecule has 0 radical (unpaired) electrons. The minimum absolute atomic E-state index is 0.0157. The maximum atomic E-state index is 13.8. The average Bonchev–Trinajstić information content (AvgIpc) is 3.27. The Balaban J connectivity index is 1.21. The minimum Gasteiger partial charge on any atom is -0.311 e. The van der Waals surface area contributed by atoms with Crippen molar-refractivity contribution in [1.82, 2.24) is 9.97 Å². The number of pyridine rings is 2. The van der Waals surface area contributed by atoms with Crippen LogP contribution in [0.5, 0.6) is 0 Å². The Bertz CT molecular complexity index is 1070. The third-order valence-electron chi connectivity index (χ3n) is 6.76. The van der Waals surface area contributed by atoms with E-state index in [1.165, 1.54) is 17.8 Å². The smallest absolute Gasteiger partial charge is 0.225 e. The Labute approximate surface area is 179 Å². The van der Waals surface area contributed by atoms with Crippen molar-refractivity contribution in [3.8, 4) is 0 Å². The fraction of sp³-hybridized carbons (Fsp3) is 0.375. The number of anilines is 1. The highest BCUT2D eigenvalue weighted by Crippen LogP contribution is 2.53. The van der Waals surface area contributed by atoms with Crippen molar-refractivity contribution in [1.29, 1.82) is 0 Å². The molecular weight excluding hydrogens is 401 g/mol. The number of hydrogen-bond donors (Lipinski definition) is 1. The minimum atomic E-state index is -0.212. The molecule has 1 N–H and O–H groups in total. The summed E-state index contributed by atoms with van der Waals surface area (Å²) in [5.41, 5.74) is 2.08. The number of nitrogens with one attached hydrogen (secondary N) is 1. The molecule has 1 aromatic carbocycles. The number of benzene rings is 1. The van der Waals surface area contributed by atoms with E-state index in [2.05, 4.69) is 21.4 Å². The molecule has 1 amide bonds. The monoisotopic (exact) mass is 423 g/mol. The van der Waals surface area contributed by atoms with Crippen molar-refractivity contribution in [2.24, 2.45) is 17.8 Å². The Morgan fingerprint density at radius 2 is 1.87 bits per heavy atom. The van der Waals surface area contributed by atoms with E-state index in [9.17, 15) is 9.18 Å². The molecule has 0 bridgehead atoms. The van der Waals surface area contributed by atoms with Gasteiger partial charge >= 0.3 is 0 Å². The second kappa shape index (κ2) is 7.95. The lowest BCUT2D eigenvalue weighted by Crippen LogP contribution is -2.16. The van der Waals surface area contributed by atoms with Gasteiger partial charge in [-0.1, -0.05) is 11.6 Å².